The van der Waals surface area contributed by atoms with E-state index in [1.807, 2.05) is 81.1 Å². The van der Waals surface area contributed by atoms with Gasteiger partial charge in [0.05, 0.1) is 5.75 Å². The molecule has 1 saturated heterocycles. The van der Waals surface area contributed by atoms with Gasteiger partial charge in [-0.3, -0.25) is 14.5 Å². The van der Waals surface area contributed by atoms with E-state index in [9.17, 15) is 9.59 Å². The number of rotatable bonds is 4. The van der Waals surface area contributed by atoms with Gasteiger partial charge in [0.1, 0.15) is 5.37 Å². The molecule has 4 nitrogen and oxygen atoms in total. The van der Waals surface area contributed by atoms with E-state index in [1.54, 1.807) is 11.8 Å². The topological polar surface area (TPSA) is 49.4 Å². The number of amides is 2. The largest absolute Gasteiger partial charge is 0.326 e. The molecule has 0 aromatic heterocycles. The molecule has 2 aromatic carbocycles. The number of hydrogen-bond acceptors (Lipinski definition) is 3. The zero-order valence-electron chi connectivity index (χ0n) is 16.3. The lowest BCUT2D eigenvalue weighted by molar-refractivity contribution is -0.118. The van der Waals surface area contributed by atoms with Gasteiger partial charge in [-0.05, 0) is 30.5 Å². The van der Waals surface area contributed by atoms with E-state index >= 15 is 0 Å². The molecule has 1 aliphatic heterocycles. The Balaban J connectivity index is 1.90. The predicted molar refractivity (Wildman–Crippen MR) is 113 cm³/mol. The number of carbonyl (C=O) groups excluding carboxylic acids is 2. The molecule has 1 atom stereocenters. The molecule has 2 amide bonds. The molecule has 2 aromatic rings. The summed E-state index contributed by atoms with van der Waals surface area (Å²) in [4.78, 5) is 26.9. The quantitative estimate of drug-likeness (QED) is 0.796. The lowest BCUT2D eigenvalue weighted by Crippen LogP contribution is -2.28. The molecule has 27 heavy (non-hydrogen) atoms. The van der Waals surface area contributed by atoms with Crippen molar-refractivity contribution in [3.8, 4) is 0 Å². The Morgan fingerprint density at radius 1 is 1.15 bits per heavy atom. The molecule has 0 spiro atoms. The van der Waals surface area contributed by atoms with Gasteiger partial charge in [-0.1, -0.05) is 56.7 Å². The molecule has 1 fully saturated rings. The second-order valence-corrected chi connectivity index (χ2v) is 9.20. The highest BCUT2D eigenvalue weighted by atomic mass is 32.2. The number of hydrogen-bond donors (Lipinski definition) is 1. The zero-order valence-corrected chi connectivity index (χ0v) is 17.1. The number of aryl methyl sites for hydroxylation is 1. The van der Waals surface area contributed by atoms with Crippen molar-refractivity contribution in [3.05, 3.63) is 59.7 Å². The first-order valence-corrected chi connectivity index (χ1v) is 10.2. The van der Waals surface area contributed by atoms with Gasteiger partial charge < -0.3 is 5.32 Å². The minimum Gasteiger partial charge on any atom is -0.326 e. The van der Waals surface area contributed by atoms with Crippen LogP contribution < -0.4 is 10.2 Å². The van der Waals surface area contributed by atoms with Gasteiger partial charge >= 0.3 is 0 Å². The van der Waals surface area contributed by atoms with Crippen molar-refractivity contribution in [1.82, 2.24) is 0 Å². The minimum absolute atomic E-state index is 0.00819. The monoisotopic (exact) mass is 382 g/mol. The minimum atomic E-state index is -0.147. The van der Waals surface area contributed by atoms with Crippen molar-refractivity contribution in [2.24, 2.45) is 5.41 Å². The summed E-state index contributed by atoms with van der Waals surface area (Å²) in [5.41, 5.74) is 3.69. The fourth-order valence-electron chi connectivity index (χ4n) is 3.14. The third kappa shape index (κ3) is 4.72. The average Bonchev–Trinajstić information content (AvgIpc) is 2.96. The first-order chi connectivity index (χ1) is 12.7. The summed E-state index contributed by atoms with van der Waals surface area (Å²) in [6, 6.07) is 15.7. The van der Waals surface area contributed by atoms with E-state index in [4.69, 9.17) is 0 Å². The highest BCUT2D eigenvalue weighted by Gasteiger charge is 2.35. The molecule has 142 valence electrons. The Kier molecular flexibility index (Phi) is 5.61. The summed E-state index contributed by atoms with van der Waals surface area (Å²) in [5.74, 6) is 0.513. The van der Waals surface area contributed by atoms with Crippen LogP contribution >= 0.6 is 11.8 Å². The highest BCUT2D eigenvalue weighted by molar-refractivity contribution is 8.00. The molecular formula is C22H26N2O2S. The van der Waals surface area contributed by atoms with E-state index < -0.39 is 0 Å². The van der Waals surface area contributed by atoms with E-state index in [2.05, 4.69) is 5.32 Å². The smallest absolute Gasteiger partial charge is 0.238 e. The van der Waals surface area contributed by atoms with Gasteiger partial charge in [-0.2, -0.15) is 0 Å². The predicted octanol–water partition coefficient (Wildman–Crippen LogP) is 5.15. The third-order valence-corrected chi connectivity index (χ3v) is 5.57. The van der Waals surface area contributed by atoms with Gasteiger partial charge in [0, 0.05) is 23.4 Å². The molecule has 1 N–H and O–H groups in total. The van der Waals surface area contributed by atoms with Crippen LogP contribution in [0, 0.1) is 12.3 Å². The van der Waals surface area contributed by atoms with Gasteiger partial charge in [0.15, 0.2) is 0 Å². The maximum atomic E-state index is 12.6. The van der Waals surface area contributed by atoms with Crippen molar-refractivity contribution in [2.45, 2.75) is 39.5 Å². The molecule has 0 saturated carbocycles. The van der Waals surface area contributed by atoms with E-state index in [1.165, 1.54) is 0 Å². The number of nitrogens with zero attached hydrogens (tertiary/aromatic N) is 1. The molecule has 1 aliphatic rings. The molecule has 0 radical (unpaired) electrons. The molecule has 0 aliphatic carbocycles. The van der Waals surface area contributed by atoms with Crippen LogP contribution in [-0.2, 0) is 9.59 Å². The van der Waals surface area contributed by atoms with E-state index in [0.717, 1.165) is 22.5 Å². The van der Waals surface area contributed by atoms with Gasteiger partial charge in [0.25, 0.3) is 0 Å². The van der Waals surface area contributed by atoms with Crippen LogP contribution in [0.4, 0.5) is 11.4 Å². The van der Waals surface area contributed by atoms with Gasteiger partial charge in [-0.25, -0.2) is 0 Å². The Labute approximate surface area is 165 Å². The van der Waals surface area contributed by atoms with Gasteiger partial charge in [-0.15, -0.1) is 11.8 Å². The van der Waals surface area contributed by atoms with E-state index in [0.29, 0.717) is 12.2 Å². The van der Waals surface area contributed by atoms with Crippen LogP contribution in [0.2, 0.25) is 0 Å². The lowest BCUT2D eigenvalue weighted by atomic mass is 9.92. The fraction of sp³-hybridized carbons (Fsp3) is 0.364. The molecule has 0 unspecified atom stereocenters. The molecular weight excluding hydrogens is 356 g/mol. The number of anilines is 2. The third-order valence-electron chi connectivity index (χ3n) is 4.37. The standard InChI is InChI=1S/C22H26N2O2S/c1-15-9-11-16(12-10-15)24-20(26)14-27-21(24)17-7-5-6-8-18(17)23-19(25)13-22(2,3)4/h5-12,21H,13-14H2,1-4H3,(H,23,25)/t21-/m0/s1. The zero-order chi connectivity index (χ0) is 19.6. The SMILES string of the molecule is Cc1ccc(N2C(=O)CS[C@H]2c2ccccc2NC(=O)CC(C)(C)C)cc1. The first kappa shape index (κ1) is 19.5. The maximum Gasteiger partial charge on any atom is 0.238 e. The van der Waals surface area contributed by atoms with Crippen molar-refractivity contribution in [3.63, 3.8) is 0 Å². The van der Waals surface area contributed by atoms with Crippen LogP contribution in [0.5, 0.6) is 0 Å². The number of nitrogens with one attached hydrogen (secondary N) is 1. The van der Waals surface area contributed by atoms with E-state index in [-0.39, 0.29) is 22.6 Å². The van der Waals surface area contributed by atoms with Crippen molar-refractivity contribution in [2.75, 3.05) is 16.0 Å². The maximum absolute atomic E-state index is 12.6. The summed E-state index contributed by atoms with van der Waals surface area (Å²) >= 11 is 1.59. The van der Waals surface area contributed by atoms with Crippen LogP contribution in [-0.4, -0.2) is 17.6 Å². The summed E-state index contributed by atoms with van der Waals surface area (Å²) in [6.45, 7) is 8.16. The van der Waals surface area contributed by atoms with Crippen LogP contribution in [0.1, 0.15) is 43.7 Å². The highest BCUT2D eigenvalue weighted by Crippen LogP contribution is 2.44. The second kappa shape index (κ2) is 7.77. The number of carbonyl (C=O) groups is 2. The molecule has 1 heterocycles. The molecule has 0 bridgehead atoms. The van der Waals surface area contributed by atoms with Gasteiger partial charge in [0.2, 0.25) is 11.8 Å². The first-order valence-electron chi connectivity index (χ1n) is 9.14. The summed E-state index contributed by atoms with van der Waals surface area (Å²) < 4.78 is 0. The Morgan fingerprint density at radius 3 is 2.48 bits per heavy atom. The second-order valence-electron chi connectivity index (χ2n) is 8.14. The Morgan fingerprint density at radius 2 is 1.81 bits per heavy atom. The van der Waals surface area contributed by atoms with Crippen LogP contribution in [0.15, 0.2) is 48.5 Å². The number of para-hydroxylation sites is 1. The fourth-order valence-corrected chi connectivity index (χ4v) is 4.35. The summed E-state index contributed by atoms with van der Waals surface area (Å²) in [5, 5.41) is 2.90. The van der Waals surface area contributed by atoms with Crippen molar-refractivity contribution >= 4 is 35.0 Å². The number of thioether (sulfide) groups is 1. The number of benzene rings is 2. The average molecular weight is 383 g/mol. The summed E-state index contributed by atoms with van der Waals surface area (Å²) in [6.07, 6.45) is 0.444. The van der Waals surface area contributed by atoms with Crippen molar-refractivity contribution in [1.29, 1.82) is 0 Å². The lowest BCUT2D eigenvalue weighted by Gasteiger charge is -2.26. The normalized spacial score (nSPS) is 17.3. The Hall–Kier alpha value is -2.27. The molecule has 3 rings (SSSR count). The Bertz CT molecular complexity index is 840. The van der Waals surface area contributed by atoms with Crippen LogP contribution in [0.3, 0.4) is 0 Å². The van der Waals surface area contributed by atoms with Crippen molar-refractivity contribution < 1.29 is 9.59 Å². The summed E-state index contributed by atoms with van der Waals surface area (Å²) in [7, 11) is 0. The molecule has 5 heteroatoms. The van der Waals surface area contributed by atoms with Crippen LogP contribution in [0.25, 0.3) is 0 Å².